The van der Waals surface area contributed by atoms with E-state index >= 15 is 0 Å². The quantitative estimate of drug-likeness (QED) is 0.866. The lowest BCUT2D eigenvalue weighted by Gasteiger charge is -2.24. The van der Waals surface area contributed by atoms with E-state index in [1.165, 1.54) is 10.6 Å². The lowest BCUT2D eigenvalue weighted by atomic mass is 10.1. The van der Waals surface area contributed by atoms with Crippen LogP contribution in [0.4, 0.5) is 5.69 Å². The van der Waals surface area contributed by atoms with Crippen molar-refractivity contribution in [2.45, 2.75) is 20.4 Å². The van der Waals surface area contributed by atoms with Crippen LogP contribution in [0.5, 0.6) is 0 Å². The van der Waals surface area contributed by atoms with Gasteiger partial charge in [-0.15, -0.1) is 0 Å². The highest BCUT2D eigenvalue weighted by molar-refractivity contribution is 7.92. The summed E-state index contributed by atoms with van der Waals surface area (Å²) in [4.78, 5) is 0. The number of anilines is 1. The van der Waals surface area contributed by atoms with E-state index in [1.54, 1.807) is 0 Å². The molecule has 3 nitrogen and oxygen atoms in total. The van der Waals surface area contributed by atoms with Gasteiger partial charge in [0.2, 0.25) is 10.0 Å². The highest BCUT2D eigenvalue weighted by Gasteiger charge is 2.19. The Morgan fingerprint density at radius 1 is 1.00 bits per heavy atom. The first kappa shape index (κ1) is 14.6. The number of hydrogen-bond acceptors (Lipinski definition) is 2. The van der Waals surface area contributed by atoms with E-state index < -0.39 is 10.0 Å². The van der Waals surface area contributed by atoms with Crippen molar-refractivity contribution in [2.24, 2.45) is 0 Å². The number of aryl methyl sites for hydroxylation is 2. The molecule has 0 radical (unpaired) electrons. The Labute approximate surface area is 120 Å². The standard InChI is InChI=1S/C16H19NO2S/c1-13-9-10-16(14(2)11-13)17(20(3,18)19)12-15-7-5-4-6-8-15/h4-11H,12H2,1-3H3. The second-order valence-electron chi connectivity index (χ2n) is 5.05. The molecule has 0 unspecified atom stereocenters. The molecular weight excluding hydrogens is 270 g/mol. The Morgan fingerprint density at radius 2 is 1.65 bits per heavy atom. The summed E-state index contributed by atoms with van der Waals surface area (Å²) in [5, 5.41) is 0. The van der Waals surface area contributed by atoms with Crippen molar-refractivity contribution in [3.05, 3.63) is 65.2 Å². The SMILES string of the molecule is Cc1ccc(N(Cc2ccccc2)S(C)(=O)=O)c(C)c1. The van der Waals surface area contributed by atoms with Gasteiger partial charge in [-0.3, -0.25) is 4.31 Å². The van der Waals surface area contributed by atoms with Gasteiger partial charge in [0, 0.05) is 0 Å². The van der Waals surface area contributed by atoms with E-state index in [-0.39, 0.29) is 0 Å². The van der Waals surface area contributed by atoms with Gasteiger partial charge in [-0.25, -0.2) is 8.42 Å². The van der Waals surface area contributed by atoms with Crippen LogP contribution in [-0.4, -0.2) is 14.7 Å². The summed E-state index contributed by atoms with van der Waals surface area (Å²) in [7, 11) is -3.32. The van der Waals surface area contributed by atoms with Gasteiger partial charge in [0.05, 0.1) is 18.5 Å². The minimum absolute atomic E-state index is 0.351. The molecule has 0 saturated heterocycles. The summed E-state index contributed by atoms with van der Waals surface area (Å²) in [6.07, 6.45) is 1.25. The number of benzene rings is 2. The Balaban J connectivity index is 2.44. The van der Waals surface area contributed by atoms with Crippen LogP contribution in [0.2, 0.25) is 0 Å². The van der Waals surface area contributed by atoms with Crippen LogP contribution in [0.3, 0.4) is 0 Å². The predicted molar refractivity (Wildman–Crippen MR) is 83.4 cm³/mol. The zero-order chi connectivity index (χ0) is 14.8. The molecule has 106 valence electrons. The van der Waals surface area contributed by atoms with E-state index in [9.17, 15) is 8.42 Å². The maximum atomic E-state index is 12.1. The fourth-order valence-electron chi connectivity index (χ4n) is 2.22. The Morgan fingerprint density at radius 3 is 2.20 bits per heavy atom. The lowest BCUT2D eigenvalue weighted by molar-refractivity contribution is 0.596. The van der Waals surface area contributed by atoms with E-state index in [1.807, 2.05) is 62.4 Å². The molecule has 0 aliphatic carbocycles. The second kappa shape index (κ2) is 5.67. The highest BCUT2D eigenvalue weighted by Crippen LogP contribution is 2.25. The molecule has 0 aliphatic heterocycles. The van der Waals surface area contributed by atoms with Crippen LogP contribution >= 0.6 is 0 Å². The normalized spacial score (nSPS) is 11.3. The third-order valence-electron chi connectivity index (χ3n) is 3.19. The fraction of sp³-hybridized carbons (Fsp3) is 0.250. The molecular formula is C16H19NO2S. The third kappa shape index (κ3) is 3.39. The fourth-order valence-corrected chi connectivity index (χ4v) is 3.16. The first-order valence-electron chi connectivity index (χ1n) is 6.47. The van der Waals surface area contributed by atoms with Crippen LogP contribution < -0.4 is 4.31 Å². The first-order valence-corrected chi connectivity index (χ1v) is 8.31. The Kier molecular flexibility index (Phi) is 4.14. The predicted octanol–water partition coefficient (Wildman–Crippen LogP) is 3.27. The summed E-state index contributed by atoms with van der Waals surface area (Å²) in [5.41, 5.74) is 3.80. The molecule has 0 fully saturated rings. The number of nitrogens with zero attached hydrogens (tertiary/aromatic N) is 1. The van der Waals surface area contributed by atoms with Crippen molar-refractivity contribution in [3.8, 4) is 0 Å². The molecule has 0 atom stereocenters. The topological polar surface area (TPSA) is 37.4 Å². The minimum Gasteiger partial charge on any atom is -0.266 e. The molecule has 0 aliphatic rings. The van der Waals surface area contributed by atoms with Gasteiger partial charge >= 0.3 is 0 Å². The van der Waals surface area contributed by atoms with Gasteiger partial charge in [-0.2, -0.15) is 0 Å². The van der Waals surface area contributed by atoms with Crippen LogP contribution in [-0.2, 0) is 16.6 Å². The Hall–Kier alpha value is -1.81. The van der Waals surface area contributed by atoms with E-state index in [0.717, 1.165) is 22.4 Å². The molecule has 2 rings (SSSR count). The number of hydrogen-bond donors (Lipinski definition) is 0. The molecule has 2 aromatic carbocycles. The first-order chi connectivity index (χ1) is 9.38. The van der Waals surface area contributed by atoms with E-state index in [0.29, 0.717) is 6.54 Å². The lowest BCUT2D eigenvalue weighted by Crippen LogP contribution is -2.29. The van der Waals surface area contributed by atoms with Crippen molar-refractivity contribution in [1.82, 2.24) is 0 Å². The van der Waals surface area contributed by atoms with Gasteiger partial charge in [0.15, 0.2) is 0 Å². The average Bonchev–Trinajstić information content (AvgIpc) is 2.37. The summed E-state index contributed by atoms with van der Waals surface area (Å²) in [6, 6.07) is 15.4. The molecule has 0 saturated carbocycles. The number of sulfonamides is 1. The minimum atomic E-state index is -3.32. The zero-order valence-electron chi connectivity index (χ0n) is 12.0. The summed E-state index contributed by atoms with van der Waals surface area (Å²) in [5.74, 6) is 0. The maximum absolute atomic E-state index is 12.1. The molecule has 0 heterocycles. The van der Waals surface area contributed by atoms with Gasteiger partial charge < -0.3 is 0 Å². The van der Waals surface area contributed by atoms with Gasteiger partial charge in [-0.05, 0) is 31.0 Å². The smallest absolute Gasteiger partial charge is 0.232 e. The monoisotopic (exact) mass is 289 g/mol. The Bertz CT molecular complexity index is 694. The maximum Gasteiger partial charge on any atom is 0.232 e. The summed E-state index contributed by atoms with van der Waals surface area (Å²) in [6.45, 7) is 4.29. The van der Waals surface area contributed by atoms with Crippen molar-refractivity contribution in [2.75, 3.05) is 10.6 Å². The molecule has 0 spiro atoms. The average molecular weight is 289 g/mol. The zero-order valence-corrected chi connectivity index (χ0v) is 12.8. The largest absolute Gasteiger partial charge is 0.266 e. The summed E-state index contributed by atoms with van der Waals surface area (Å²) < 4.78 is 25.7. The molecule has 4 heteroatoms. The van der Waals surface area contributed by atoms with Gasteiger partial charge in [0.25, 0.3) is 0 Å². The van der Waals surface area contributed by atoms with Crippen LogP contribution in [0, 0.1) is 13.8 Å². The highest BCUT2D eigenvalue weighted by atomic mass is 32.2. The number of rotatable bonds is 4. The molecule has 2 aromatic rings. The second-order valence-corrected chi connectivity index (χ2v) is 6.95. The van der Waals surface area contributed by atoms with Crippen molar-refractivity contribution in [3.63, 3.8) is 0 Å². The molecule has 20 heavy (non-hydrogen) atoms. The van der Waals surface area contributed by atoms with Crippen molar-refractivity contribution >= 4 is 15.7 Å². The van der Waals surface area contributed by atoms with Gasteiger partial charge in [0.1, 0.15) is 0 Å². The van der Waals surface area contributed by atoms with Crippen LogP contribution in [0.25, 0.3) is 0 Å². The molecule has 0 bridgehead atoms. The van der Waals surface area contributed by atoms with Crippen molar-refractivity contribution in [1.29, 1.82) is 0 Å². The molecule has 0 aromatic heterocycles. The molecule has 0 N–H and O–H groups in total. The summed E-state index contributed by atoms with van der Waals surface area (Å²) >= 11 is 0. The van der Waals surface area contributed by atoms with Crippen LogP contribution in [0.15, 0.2) is 48.5 Å². The van der Waals surface area contributed by atoms with Crippen LogP contribution in [0.1, 0.15) is 16.7 Å². The van der Waals surface area contributed by atoms with E-state index in [4.69, 9.17) is 0 Å². The van der Waals surface area contributed by atoms with Gasteiger partial charge in [-0.1, -0.05) is 48.0 Å². The third-order valence-corrected chi connectivity index (χ3v) is 4.32. The molecule has 0 amide bonds. The van der Waals surface area contributed by atoms with E-state index in [2.05, 4.69) is 0 Å². The van der Waals surface area contributed by atoms with Crippen molar-refractivity contribution < 1.29 is 8.42 Å².